The molecule has 5 nitrogen and oxygen atoms in total. The normalized spacial score (nSPS) is 19.8. The number of hydrogen-bond acceptors (Lipinski definition) is 3. The van der Waals surface area contributed by atoms with Crippen molar-refractivity contribution >= 4 is 45.7 Å². The molecular weight excluding hydrogens is 474 g/mol. The van der Waals surface area contributed by atoms with E-state index in [1.807, 2.05) is 34.6 Å². The van der Waals surface area contributed by atoms with Gasteiger partial charge in [0.2, 0.25) is 5.91 Å². The van der Waals surface area contributed by atoms with Crippen LogP contribution in [0, 0.1) is 5.82 Å². The number of amides is 1. The number of benzene rings is 2. The van der Waals surface area contributed by atoms with Crippen LogP contribution < -0.4 is 5.32 Å². The van der Waals surface area contributed by atoms with Gasteiger partial charge in [0.05, 0.1) is 23.9 Å². The zero-order valence-corrected chi connectivity index (χ0v) is 20.5. The SMILES string of the molecule is CC(c1ccc(Cl)cc1Cl)n1cnc2c(F)cc(C3=CCN(C(=O)C4CCCCN4)CC3)cc21. The summed E-state index contributed by atoms with van der Waals surface area (Å²) < 4.78 is 17.0. The minimum absolute atomic E-state index is 0.0759. The molecule has 2 aliphatic rings. The van der Waals surface area contributed by atoms with Gasteiger partial charge in [-0.3, -0.25) is 4.79 Å². The lowest BCUT2D eigenvalue weighted by Gasteiger charge is -2.32. The molecule has 2 unspecified atom stereocenters. The topological polar surface area (TPSA) is 50.2 Å². The molecule has 2 aliphatic heterocycles. The summed E-state index contributed by atoms with van der Waals surface area (Å²) in [4.78, 5) is 19.1. The average molecular weight is 501 g/mol. The third-order valence-corrected chi connectivity index (χ3v) is 7.52. The molecule has 1 aromatic heterocycles. The highest BCUT2D eigenvalue weighted by Crippen LogP contribution is 2.33. The molecule has 0 bridgehead atoms. The highest BCUT2D eigenvalue weighted by molar-refractivity contribution is 6.35. The van der Waals surface area contributed by atoms with Gasteiger partial charge >= 0.3 is 0 Å². The van der Waals surface area contributed by atoms with Crippen LogP contribution in [-0.4, -0.2) is 46.0 Å². The van der Waals surface area contributed by atoms with E-state index in [-0.39, 0.29) is 23.8 Å². The molecule has 0 radical (unpaired) electrons. The molecule has 1 N–H and O–H groups in total. The van der Waals surface area contributed by atoms with E-state index in [1.165, 1.54) is 0 Å². The number of carbonyl (C=O) groups is 1. The Morgan fingerprint density at radius 3 is 2.79 bits per heavy atom. The summed E-state index contributed by atoms with van der Waals surface area (Å²) in [6.45, 7) is 4.09. The monoisotopic (exact) mass is 500 g/mol. The summed E-state index contributed by atoms with van der Waals surface area (Å²) in [6.07, 6.45) is 7.50. The van der Waals surface area contributed by atoms with Gasteiger partial charge in [-0.15, -0.1) is 0 Å². The van der Waals surface area contributed by atoms with E-state index in [1.54, 1.807) is 24.5 Å². The molecular formula is C26H27Cl2FN4O. The third kappa shape index (κ3) is 4.47. The second-order valence-electron chi connectivity index (χ2n) is 9.09. The fourth-order valence-corrected chi connectivity index (χ4v) is 5.56. The van der Waals surface area contributed by atoms with Gasteiger partial charge in [-0.1, -0.05) is 41.8 Å². The molecule has 0 saturated carbocycles. The van der Waals surface area contributed by atoms with Crippen LogP contribution in [-0.2, 0) is 4.79 Å². The quantitative estimate of drug-likeness (QED) is 0.488. The maximum Gasteiger partial charge on any atom is 0.239 e. The molecule has 34 heavy (non-hydrogen) atoms. The Morgan fingerprint density at radius 2 is 2.09 bits per heavy atom. The van der Waals surface area contributed by atoms with Crippen LogP contribution in [0.1, 0.15) is 49.8 Å². The number of halogens is 3. The van der Waals surface area contributed by atoms with Crippen molar-refractivity contribution in [3.63, 3.8) is 0 Å². The molecule has 1 saturated heterocycles. The number of nitrogens with one attached hydrogen (secondary N) is 1. The number of fused-ring (bicyclic) bond motifs is 1. The van der Waals surface area contributed by atoms with Crippen LogP contribution in [0.25, 0.3) is 16.6 Å². The van der Waals surface area contributed by atoms with Gasteiger partial charge in [-0.2, -0.15) is 0 Å². The molecule has 2 aromatic carbocycles. The van der Waals surface area contributed by atoms with Crippen molar-refractivity contribution in [2.24, 2.45) is 0 Å². The van der Waals surface area contributed by atoms with E-state index in [9.17, 15) is 4.79 Å². The predicted molar refractivity (Wildman–Crippen MR) is 135 cm³/mol. The molecule has 8 heteroatoms. The highest BCUT2D eigenvalue weighted by Gasteiger charge is 2.27. The van der Waals surface area contributed by atoms with Crippen LogP contribution in [0.5, 0.6) is 0 Å². The Bertz CT molecular complexity index is 1270. The van der Waals surface area contributed by atoms with Crippen molar-refractivity contribution in [3.8, 4) is 0 Å². The molecule has 1 amide bonds. The van der Waals surface area contributed by atoms with E-state index in [2.05, 4.69) is 10.3 Å². The first-order valence-electron chi connectivity index (χ1n) is 11.7. The van der Waals surface area contributed by atoms with Crippen molar-refractivity contribution in [2.45, 2.75) is 44.7 Å². The second-order valence-corrected chi connectivity index (χ2v) is 9.93. The van der Waals surface area contributed by atoms with Gasteiger partial charge in [0.15, 0.2) is 5.82 Å². The van der Waals surface area contributed by atoms with E-state index < -0.39 is 0 Å². The van der Waals surface area contributed by atoms with Gasteiger partial charge in [0.25, 0.3) is 0 Å². The summed E-state index contributed by atoms with van der Waals surface area (Å²) in [7, 11) is 0. The largest absolute Gasteiger partial charge is 0.337 e. The van der Waals surface area contributed by atoms with Crippen molar-refractivity contribution in [3.05, 3.63) is 69.7 Å². The van der Waals surface area contributed by atoms with Gasteiger partial charge in [-0.05, 0) is 73.7 Å². The molecule has 3 heterocycles. The van der Waals surface area contributed by atoms with Crippen LogP contribution in [0.15, 0.2) is 42.7 Å². The van der Waals surface area contributed by atoms with E-state index >= 15 is 4.39 Å². The van der Waals surface area contributed by atoms with Crippen LogP contribution in [0.4, 0.5) is 4.39 Å². The maximum absolute atomic E-state index is 15.0. The standard InChI is InChI=1S/C26H27Cl2FN4O/c1-16(20-6-5-19(27)14-21(20)28)33-15-31-25-22(29)12-18(13-24(25)33)17-7-10-32(11-8-17)26(34)23-4-2-3-9-30-23/h5-7,12-16,23,30H,2-4,8-11H2,1H3. The van der Waals surface area contributed by atoms with Crippen LogP contribution in [0.3, 0.4) is 0 Å². The molecule has 0 aliphatic carbocycles. The first-order chi connectivity index (χ1) is 16.4. The van der Waals surface area contributed by atoms with Gasteiger partial charge in [0, 0.05) is 23.1 Å². The summed E-state index contributed by atoms with van der Waals surface area (Å²) in [6, 6.07) is 8.70. The number of piperidine rings is 1. The Kier molecular flexibility index (Phi) is 6.65. The maximum atomic E-state index is 15.0. The predicted octanol–water partition coefficient (Wildman–Crippen LogP) is 5.85. The fourth-order valence-electron chi connectivity index (χ4n) is 4.99. The van der Waals surface area contributed by atoms with Gasteiger partial charge in [-0.25, -0.2) is 9.37 Å². The average Bonchev–Trinajstić information content (AvgIpc) is 3.28. The van der Waals surface area contributed by atoms with Gasteiger partial charge in [0.1, 0.15) is 5.52 Å². The first-order valence-corrected chi connectivity index (χ1v) is 12.5. The number of nitrogens with zero attached hydrogens (tertiary/aromatic N) is 3. The summed E-state index contributed by atoms with van der Waals surface area (Å²) in [5.74, 6) is -0.185. The lowest BCUT2D eigenvalue weighted by molar-refractivity contribution is -0.133. The highest BCUT2D eigenvalue weighted by atomic mass is 35.5. The number of carbonyl (C=O) groups excluding carboxylic acids is 1. The number of imidazole rings is 1. The zero-order valence-electron chi connectivity index (χ0n) is 19.0. The smallest absolute Gasteiger partial charge is 0.239 e. The lowest BCUT2D eigenvalue weighted by Crippen LogP contribution is -2.49. The zero-order chi connectivity index (χ0) is 23.8. The molecule has 2 atom stereocenters. The van der Waals surface area contributed by atoms with E-state index in [4.69, 9.17) is 23.2 Å². The molecule has 1 fully saturated rings. The Morgan fingerprint density at radius 1 is 1.24 bits per heavy atom. The summed E-state index contributed by atoms with van der Waals surface area (Å²) in [5, 5.41) is 4.46. The van der Waals surface area contributed by atoms with E-state index in [0.717, 1.165) is 42.5 Å². The number of aromatic nitrogens is 2. The lowest BCUT2D eigenvalue weighted by atomic mass is 9.97. The van der Waals surface area contributed by atoms with Crippen molar-refractivity contribution in [2.75, 3.05) is 19.6 Å². The van der Waals surface area contributed by atoms with E-state index in [0.29, 0.717) is 40.6 Å². The van der Waals surface area contributed by atoms with Crippen molar-refractivity contribution in [1.82, 2.24) is 19.8 Å². The Hall–Kier alpha value is -2.41. The van der Waals surface area contributed by atoms with Gasteiger partial charge < -0.3 is 14.8 Å². The minimum atomic E-state index is -0.355. The third-order valence-electron chi connectivity index (χ3n) is 6.96. The summed E-state index contributed by atoms with van der Waals surface area (Å²) in [5.41, 5.74) is 3.80. The minimum Gasteiger partial charge on any atom is -0.337 e. The Labute approximate surface area is 208 Å². The number of hydrogen-bond donors (Lipinski definition) is 1. The fraction of sp³-hybridized carbons (Fsp3) is 0.385. The number of rotatable bonds is 4. The van der Waals surface area contributed by atoms with Crippen molar-refractivity contribution in [1.29, 1.82) is 0 Å². The summed E-state index contributed by atoms with van der Waals surface area (Å²) >= 11 is 12.5. The van der Waals surface area contributed by atoms with Crippen LogP contribution in [0.2, 0.25) is 10.0 Å². The molecule has 5 rings (SSSR count). The molecule has 0 spiro atoms. The Balaban J connectivity index is 1.41. The molecule has 178 valence electrons. The molecule has 3 aromatic rings. The van der Waals surface area contributed by atoms with Crippen molar-refractivity contribution < 1.29 is 9.18 Å². The second kappa shape index (κ2) is 9.68. The first kappa shape index (κ1) is 23.3. The van der Waals surface area contributed by atoms with Crippen LogP contribution >= 0.6 is 23.2 Å².